The van der Waals surface area contributed by atoms with E-state index in [1.54, 1.807) is 0 Å². The molecule has 0 spiro atoms. The second kappa shape index (κ2) is 7.59. The quantitative estimate of drug-likeness (QED) is 0.641. The standard InChI is InChI=1S/C13H17Cl2N3O3/c1-8(4-5-17(2)3)16-13(19)9-6-10(14)12(15)11(7-9)18(20)21/h6-8H,4-5H2,1-3H3,(H,16,19). The molecule has 0 aliphatic rings. The van der Waals surface area contributed by atoms with Gasteiger partial charge in [0, 0.05) is 17.7 Å². The Balaban J connectivity index is 2.86. The van der Waals surface area contributed by atoms with E-state index >= 15 is 0 Å². The van der Waals surface area contributed by atoms with Crippen LogP contribution in [0.25, 0.3) is 0 Å². The zero-order valence-corrected chi connectivity index (χ0v) is 13.5. The second-order valence-corrected chi connectivity index (χ2v) is 5.80. The fraction of sp³-hybridized carbons (Fsp3) is 0.462. The summed E-state index contributed by atoms with van der Waals surface area (Å²) >= 11 is 11.6. The lowest BCUT2D eigenvalue weighted by Crippen LogP contribution is -2.34. The van der Waals surface area contributed by atoms with Crippen LogP contribution in [0.5, 0.6) is 0 Å². The molecule has 0 fully saturated rings. The molecule has 0 heterocycles. The summed E-state index contributed by atoms with van der Waals surface area (Å²) in [6.07, 6.45) is 0.766. The zero-order chi connectivity index (χ0) is 16.2. The van der Waals surface area contributed by atoms with Gasteiger partial charge in [-0.25, -0.2) is 0 Å². The van der Waals surface area contributed by atoms with Crippen LogP contribution in [0.3, 0.4) is 0 Å². The van der Waals surface area contributed by atoms with Gasteiger partial charge in [0.1, 0.15) is 5.02 Å². The van der Waals surface area contributed by atoms with E-state index in [-0.39, 0.29) is 27.3 Å². The number of nitrogens with one attached hydrogen (secondary N) is 1. The third-order valence-corrected chi connectivity index (χ3v) is 3.65. The molecule has 1 aromatic carbocycles. The zero-order valence-electron chi connectivity index (χ0n) is 12.0. The van der Waals surface area contributed by atoms with Crippen LogP contribution in [0.2, 0.25) is 10.0 Å². The Labute approximate surface area is 133 Å². The van der Waals surface area contributed by atoms with E-state index in [4.69, 9.17) is 23.2 Å². The van der Waals surface area contributed by atoms with Gasteiger partial charge in [0.25, 0.3) is 11.6 Å². The van der Waals surface area contributed by atoms with Crippen LogP contribution >= 0.6 is 23.2 Å². The fourth-order valence-electron chi connectivity index (χ4n) is 1.67. The number of nitrogens with zero attached hydrogens (tertiary/aromatic N) is 2. The van der Waals surface area contributed by atoms with Crippen LogP contribution in [0.15, 0.2) is 12.1 Å². The number of nitro groups is 1. The van der Waals surface area contributed by atoms with Crippen molar-refractivity contribution in [3.05, 3.63) is 37.9 Å². The molecule has 21 heavy (non-hydrogen) atoms. The molecule has 1 atom stereocenters. The SMILES string of the molecule is CC(CCN(C)C)NC(=O)c1cc(Cl)c(Cl)c([N+](=O)[O-])c1. The first-order valence-electron chi connectivity index (χ1n) is 6.31. The minimum Gasteiger partial charge on any atom is -0.350 e. The average molecular weight is 334 g/mol. The summed E-state index contributed by atoms with van der Waals surface area (Å²) in [6.45, 7) is 2.69. The lowest BCUT2D eigenvalue weighted by atomic mass is 10.1. The Hall–Kier alpha value is -1.37. The van der Waals surface area contributed by atoms with Crippen LogP contribution in [0, 0.1) is 10.1 Å². The van der Waals surface area contributed by atoms with Gasteiger partial charge in [-0.2, -0.15) is 0 Å². The third-order valence-electron chi connectivity index (χ3n) is 2.85. The summed E-state index contributed by atoms with van der Waals surface area (Å²) in [6, 6.07) is 2.39. The van der Waals surface area contributed by atoms with Crippen molar-refractivity contribution < 1.29 is 9.72 Å². The van der Waals surface area contributed by atoms with Crippen molar-refractivity contribution in [2.75, 3.05) is 20.6 Å². The maximum absolute atomic E-state index is 12.1. The van der Waals surface area contributed by atoms with Crippen molar-refractivity contribution in [3.63, 3.8) is 0 Å². The molecule has 0 saturated carbocycles. The number of hydrogen-bond donors (Lipinski definition) is 1. The molecule has 0 aliphatic carbocycles. The Morgan fingerprint density at radius 1 is 1.43 bits per heavy atom. The number of benzene rings is 1. The van der Waals surface area contributed by atoms with Gasteiger partial charge >= 0.3 is 0 Å². The second-order valence-electron chi connectivity index (χ2n) is 5.01. The maximum Gasteiger partial charge on any atom is 0.290 e. The molecule has 6 nitrogen and oxygen atoms in total. The van der Waals surface area contributed by atoms with E-state index in [2.05, 4.69) is 5.32 Å². The molecule has 1 rings (SSSR count). The van der Waals surface area contributed by atoms with Crippen LogP contribution in [-0.2, 0) is 0 Å². The van der Waals surface area contributed by atoms with Crippen LogP contribution in [0.4, 0.5) is 5.69 Å². The molecule has 0 radical (unpaired) electrons. The topological polar surface area (TPSA) is 75.5 Å². The van der Waals surface area contributed by atoms with Gasteiger partial charge in [0.15, 0.2) is 0 Å². The van der Waals surface area contributed by atoms with E-state index in [0.717, 1.165) is 19.0 Å². The highest BCUT2D eigenvalue weighted by Crippen LogP contribution is 2.33. The first kappa shape index (κ1) is 17.7. The van der Waals surface area contributed by atoms with Gasteiger partial charge in [-0.15, -0.1) is 0 Å². The number of rotatable bonds is 6. The fourth-order valence-corrected chi connectivity index (χ4v) is 2.06. The van der Waals surface area contributed by atoms with Crippen LogP contribution < -0.4 is 5.32 Å². The van der Waals surface area contributed by atoms with E-state index < -0.39 is 10.8 Å². The molecule has 8 heteroatoms. The average Bonchev–Trinajstić information content (AvgIpc) is 2.38. The largest absolute Gasteiger partial charge is 0.350 e. The molecule has 1 unspecified atom stereocenters. The molecule has 1 aromatic rings. The molecule has 0 saturated heterocycles. The monoisotopic (exact) mass is 333 g/mol. The Morgan fingerprint density at radius 2 is 2.05 bits per heavy atom. The number of nitro benzene ring substituents is 1. The highest BCUT2D eigenvalue weighted by atomic mass is 35.5. The van der Waals surface area contributed by atoms with Crippen molar-refractivity contribution in [3.8, 4) is 0 Å². The van der Waals surface area contributed by atoms with E-state index in [0.29, 0.717) is 0 Å². The molecular formula is C13H17Cl2N3O3. The van der Waals surface area contributed by atoms with Gasteiger partial charge in [0.05, 0.1) is 9.95 Å². The highest BCUT2D eigenvalue weighted by Gasteiger charge is 2.20. The molecule has 1 N–H and O–H groups in total. The van der Waals surface area contributed by atoms with Crippen molar-refractivity contribution in [2.45, 2.75) is 19.4 Å². The molecule has 1 amide bonds. The Morgan fingerprint density at radius 3 is 2.57 bits per heavy atom. The lowest BCUT2D eigenvalue weighted by Gasteiger charge is -2.16. The first-order valence-corrected chi connectivity index (χ1v) is 7.07. The number of amides is 1. The van der Waals surface area contributed by atoms with Crippen LogP contribution in [-0.4, -0.2) is 42.4 Å². The van der Waals surface area contributed by atoms with Gasteiger partial charge in [-0.05, 0) is 40.1 Å². The Kier molecular flexibility index (Phi) is 6.39. The minimum atomic E-state index is -0.666. The molecule has 0 aliphatic heterocycles. The maximum atomic E-state index is 12.1. The number of halogens is 2. The summed E-state index contributed by atoms with van der Waals surface area (Å²) in [5.41, 5.74) is -0.261. The van der Waals surface area contributed by atoms with Crippen molar-refractivity contribution in [1.82, 2.24) is 10.2 Å². The van der Waals surface area contributed by atoms with Crippen molar-refractivity contribution in [2.24, 2.45) is 0 Å². The van der Waals surface area contributed by atoms with E-state index in [9.17, 15) is 14.9 Å². The predicted octanol–water partition coefficient (Wildman–Crippen LogP) is 2.97. The van der Waals surface area contributed by atoms with Gasteiger partial charge < -0.3 is 10.2 Å². The Bertz CT molecular complexity index is 550. The van der Waals surface area contributed by atoms with Crippen molar-refractivity contribution >= 4 is 34.8 Å². The van der Waals surface area contributed by atoms with Crippen LogP contribution in [0.1, 0.15) is 23.7 Å². The lowest BCUT2D eigenvalue weighted by molar-refractivity contribution is -0.384. The van der Waals surface area contributed by atoms with E-state index in [1.807, 2.05) is 25.9 Å². The number of carbonyl (C=O) groups is 1. The van der Waals surface area contributed by atoms with Gasteiger partial charge in [-0.3, -0.25) is 14.9 Å². The molecule has 116 valence electrons. The third kappa shape index (κ3) is 5.15. The van der Waals surface area contributed by atoms with Crippen molar-refractivity contribution in [1.29, 1.82) is 0 Å². The summed E-state index contributed by atoms with van der Waals surface area (Å²) < 4.78 is 0. The normalized spacial score (nSPS) is 12.3. The first-order chi connectivity index (χ1) is 9.72. The summed E-state index contributed by atoms with van der Waals surface area (Å²) in [7, 11) is 3.88. The van der Waals surface area contributed by atoms with Gasteiger partial charge in [0.2, 0.25) is 0 Å². The number of carbonyl (C=O) groups excluding carboxylic acids is 1. The summed E-state index contributed by atoms with van der Waals surface area (Å²) in [5.74, 6) is -0.414. The number of hydrogen-bond acceptors (Lipinski definition) is 4. The molecule has 0 bridgehead atoms. The molecular weight excluding hydrogens is 317 g/mol. The summed E-state index contributed by atoms with van der Waals surface area (Å²) in [4.78, 5) is 24.3. The minimum absolute atomic E-state index is 0.0167. The summed E-state index contributed by atoms with van der Waals surface area (Å²) in [5, 5.41) is 13.5. The smallest absolute Gasteiger partial charge is 0.290 e. The van der Waals surface area contributed by atoms with E-state index in [1.165, 1.54) is 6.07 Å². The molecule has 0 aromatic heterocycles. The van der Waals surface area contributed by atoms with Gasteiger partial charge in [-0.1, -0.05) is 23.2 Å². The predicted molar refractivity (Wildman–Crippen MR) is 83.2 cm³/mol. The highest BCUT2D eigenvalue weighted by molar-refractivity contribution is 6.43.